The number of nitrogens with one attached hydrogen (secondary N) is 2. The van der Waals surface area contributed by atoms with Crippen molar-refractivity contribution >= 4 is 28.7 Å². The Morgan fingerprint density at radius 2 is 2.40 bits per heavy atom. The Morgan fingerprint density at radius 3 is 3.10 bits per heavy atom. The third-order valence-corrected chi connectivity index (χ3v) is 4.17. The molecule has 106 valence electrons. The molecule has 3 rings (SSSR count). The van der Waals surface area contributed by atoms with E-state index < -0.39 is 0 Å². The second-order valence-corrected chi connectivity index (χ2v) is 6.03. The van der Waals surface area contributed by atoms with Gasteiger partial charge >= 0.3 is 0 Å². The Bertz CT molecular complexity index is 537. The average Bonchev–Trinajstić information content (AvgIpc) is 2.94. The number of hydrogen-bond acceptors (Lipinski definition) is 5. The molecule has 2 aliphatic rings. The van der Waals surface area contributed by atoms with Crippen LogP contribution in [-0.4, -0.2) is 28.3 Å². The summed E-state index contributed by atoms with van der Waals surface area (Å²) < 4.78 is 5.17. The van der Waals surface area contributed by atoms with Crippen LogP contribution in [0.4, 0.5) is 0 Å². The number of amidine groups is 1. The molecule has 0 spiro atoms. The second kappa shape index (κ2) is 5.70. The van der Waals surface area contributed by atoms with E-state index in [1.807, 2.05) is 6.07 Å². The first kappa shape index (κ1) is 13.2. The molecule has 0 bridgehead atoms. The van der Waals surface area contributed by atoms with Gasteiger partial charge in [0.05, 0.1) is 12.8 Å². The van der Waals surface area contributed by atoms with Gasteiger partial charge in [0.25, 0.3) is 0 Å². The van der Waals surface area contributed by atoms with Crippen LogP contribution in [0.1, 0.15) is 25.0 Å². The molecule has 1 saturated carbocycles. The van der Waals surface area contributed by atoms with E-state index in [1.54, 1.807) is 12.3 Å². The Balaban J connectivity index is 1.51. The van der Waals surface area contributed by atoms with Gasteiger partial charge in [-0.1, -0.05) is 11.8 Å². The molecule has 1 aromatic heterocycles. The first-order chi connectivity index (χ1) is 9.70. The lowest BCUT2D eigenvalue weighted by molar-refractivity contribution is -0.125. The van der Waals surface area contributed by atoms with E-state index in [4.69, 9.17) is 4.42 Å². The summed E-state index contributed by atoms with van der Waals surface area (Å²) in [5, 5.41) is 5.74. The highest BCUT2D eigenvalue weighted by Crippen LogP contribution is 2.24. The van der Waals surface area contributed by atoms with Gasteiger partial charge in [-0.2, -0.15) is 0 Å². The molecule has 0 unspecified atom stereocenters. The van der Waals surface area contributed by atoms with Crippen molar-refractivity contribution in [3.05, 3.63) is 24.2 Å². The van der Waals surface area contributed by atoms with Gasteiger partial charge in [-0.3, -0.25) is 14.6 Å². The van der Waals surface area contributed by atoms with E-state index in [1.165, 1.54) is 11.8 Å². The molecule has 0 aromatic carbocycles. The van der Waals surface area contributed by atoms with Gasteiger partial charge in [0, 0.05) is 12.5 Å². The predicted octanol–water partition coefficient (Wildman–Crippen LogP) is 1.04. The number of furan rings is 1. The molecule has 1 aliphatic heterocycles. The van der Waals surface area contributed by atoms with Crippen molar-refractivity contribution in [1.29, 1.82) is 0 Å². The summed E-state index contributed by atoms with van der Waals surface area (Å²) in [5.41, 5.74) is 0. The lowest BCUT2D eigenvalue weighted by Crippen LogP contribution is -2.32. The quantitative estimate of drug-likeness (QED) is 0.849. The summed E-state index contributed by atoms with van der Waals surface area (Å²) in [4.78, 5) is 27.7. The highest BCUT2D eigenvalue weighted by molar-refractivity contribution is 8.15. The third kappa shape index (κ3) is 3.41. The number of hydrogen-bond donors (Lipinski definition) is 2. The van der Waals surface area contributed by atoms with Crippen molar-refractivity contribution in [2.24, 2.45) is 4.99 Å². The Hall–Kier alpha value is -1.76. The lowest BCUT2D eigenvalue weighted by atomic mass is 10.2. The molecular weight excluding hydrogens is 278 g/mol. The van der Waals surface area contributed by atoms with E-state index in [2.05, 4.69) is 15.6 Å². The Kier molecular flexibility index (Phi) is 3.77. The summed E-state index contributed by atoms with van der Waals surface area (Å²) in [6.45, 7) is 0.386. The van der Waals surface area contributed by atoms with Crippen LogP contribution in [0.3, 0.4) is 0 Å². The molecule has 1 saturated heterocycles. The largest absolute Gasteiger partial charge is 0.467 e. The molecule has 1 aromatic rings. The van der Waals surface area contributed by atoms with Gasteiger partial charge < -0.3 is 15.1 Å². The highest BCUT2D eigenvalue weighted by atomic mass is 32.2. The fraction of sp³-hybridized carbons (Fsp3) is 0.462. The van der Waals surface area contributed by atoms with Crippen LogP contribution in [0, 0.1) is 0 Å². The summed E-state index contributed by atoms with van der Waals surface area (Å²) in [6.07, 6.45) is 3.88. The molecule has 1 aliphatic carbocycles. The number of carbonyl (C=O) groups is 2. The summed E-state index contributed by atoms with van der Waals surface area (Å²) in [7, 11) is 0. The minimum Gasteiger partial charge on any atom is -0.467 e. The van der Waals surface area contributed by atoms with Gasteiger partial charge in [-0.05, 0) is 25.0 Å². The van der Waals surface area contributed by atoms with Gasteiger partial charge in [-0.15, -0.1) is 0 Å². The van der Waals surface area contributed by atoms with Crippen molar-refractivity contribution in [2.45, 2.75) is 37.1 Å². The molecular formula is C13H15N3O3S. The van der Waals surface area contributed by atoms with E-state index in [0.29, 0.717) is 17.8 Å². The summed E-state index contributed by atoms with van der Waals surface area (Å²) >= 11 is 1.30. The first-order valence-corrected chi connectivity index (χ1v) is 7.42. The van der Waals surface area contributed by atoms with Crippen LogP contribution in [0.2, 0.25) is 0 Å². The SMILES string of the molecule is O=C(C[C@@H]1SC(=NCc2ccco2)NC1=O)NC1CC1. The van der Waals surface area contributed by atoms with Gasteiger partial charge in [0.2, 0.25) is 11.8 Å². The number of amides is 2. The van der Waals surface area contributed by atoms with Crippen LogP contribution in [0.5, 0.6) is 0 Å². The van der Waals surface area contributed by atoms with E-state index >= 15 is 0 Å². The van der Waals surface area contributed by atoms with Crippen LogP contribution in [-0.2, 0) is 16.1 Å². The fourth-order valence-electron chi connectivity index (χ4n) is 1.85. The number of aliphatic imine (C=N–C) groups is 1. The van der Waals surface area contributed by atoms with E-state index in [0.717, 1.165) is 18.6 Å². The van der Waals surface area contributed by atoms with Crippen LogP contribution in [0.25, 0.3) is 0 Å². The molecule has 2 amide bonds. The predicted molar refractivity (Wildman–Crippen MR) is 75.2 cm³/mol. The van der Waals surface area contributed by atoms with Gasteiger partial charge in [0.15, 0.2) is 5.17 Å². The van der Waals surface area contributed by atoms with Crippen LogP contribution < -0.4 is 10.6 Å². The number of rotatable bonds is 5. The molecule has 2 heterocycles. The van der Waals surface area contributed by atoms with Gasteiger partial charge in [0.1, 0.15) is 11.0 Å². The second-order valence-electron chi connectivity index (χ2n) is 4.84. The molecule has 0 radical (unpaired) electrons. The first-order valence-electron chi connectivity index (χ1n) is 6.54. The maximum atomic E-state index is 11.8. The fourth-order valence-corrected chi connectivity index (χ4v) is 2.82. The van der Waals surface area contributed by atoms with Crippen molar-refractivity contribution < 1.29 is 14.0 Å². The summed E-state index contributed by atoms with van der Waals surface area (Å²) in [5.74, 6) is 0.522. The molecule has 2 N–H and O–H groups in total. The zero-order valence-corrected chi connectivity index (χ0v) is 11.6. The van der Waals surface area contributed by atoms with Gasteiger partial charge in [-0.25, -0.2) is 0 Å². The molecule has 20 heavy (non-hydrogen) atoms. The number of nitrogens with zero attached hydrogens (tertiary/aromatic N) is 1. The number of carbonyl (C=O) groups excluding carboxylic acids is 2. The smallest absolute Gasteiger partial charge is 0.240 e. The van der Waals surface area contributed by atoms with E-state index in [9.17, 15) is 9.59 Å². The molecule has 6 nitrogen and oxygen atoms in total. The topological polar surface area (TPSA) is 83.7 Å². The maximum absolute atomic E-state index is 11.8. The third-order valence-electron chi connectivity index (χ3n) is 3.05. The Morgan fingerprint density at radius 1 is 1.55 bits per heavy atom. The zero-order chi connectivity index (χ0) is 13.9. The maximum Gasteiger partial charge on any atom is 0.240 e. The van der Waals surface area contributed by atoms with Crippen LogP contribution in [0.15, 0.2) is 27.8 Å². The normalized spacial score (nSPS) is 23.9. The van der Waals surface area contributed by atoms with Crippen molar-refractivity contribution in [2.75, 3.05) is 0 Å². The zero-order valence-electron chi connectivity index (χ0n) is 10.8. The minimum absolute atomic E-state index is 0.0626. The highest BCUT2D eigenvalue weighted by Gasteiger charge is 2.33. The lowest BCUT2D eigenvalue weighted by Gasteiger charge is -2.05. The minimum atomic E-state index is -0.385. The number of thioether (sulfide) groups is 1. The monoisotopic (exact) mass is 293 g/mol. The molecule has 2 fully saturated rings. The Labute approximate surface area is 120 Å². The van der Waals surface area contributed by atoms with Crippen molar-refractivity contribution in [3.63, 3.8) is 0 Å². The molecule has 7 heteroatoms. The molecule has 1 atom stereocenters. The van der Waals surface area contributed by atoms with Crippen LogP contribution >= 0.6 is 11.8 Å². The summed E-state index contributed by atoms with van der Waals surface area (Å²) in [6, 6.07) is 3.94. The average molecular weight is 293 g/mol. The van der Waals surface area contributed by atoms with Crippen molar-refractivity contribution in [3.8, 4) is 0 Å². The standard InChI is InChI=1S/C13H15N3O3S/c17-11(15-8-3-4-8)6-10-12(18)16-13(20-10)14-7-9-2-1-5-19-9/h1-2,5,8,10H,3-4,6-7H2,(H,15,17)(H,14,16,18)/t10-/m0/s1. The van der Waals surface area contributed by atoms with Crippen molar-refractivity contribution in [1.82, 2.24) is 10.6 Å². The van der Waals surface area contributed by atoms with E-state index in [-0.39, 0.29) is 23.5 Å².